The molecule has 116 valence electrons. The summed E-state index contributed by atoms with van der Waals surface area (Å²) in [5.41, 5.74) is 8.78. The van der Waals surface area contributed by atoms with Crippen molar-refractivity contribution >= 4 is 6.08 Å². The molecule has 2 aromatic rings. The van der Waals surface area contributed by atoms with Gasteiger partial charge in [-0.05, 0) is 55.4 Å². The highest BCUT2D eigenvalue weighted by atomic mass is 14.7. The predicted molar refractivity (Wildman–Crippen MR) is 98.3 cm³/mol. The Balaban J connectivity index is 2.45. The van der Waals surface area contributed by atoms with Crippen LogP contribution in [-0.2, 0) is 6.42 Å². The van der Waals surface area contributed by atoms with Crippen LogP contribution in [-0.4, -0.2) is 4.98 Å². The molecule has 1 unspecified atom stereocenters. The first-order valence-corrected chi connectivity index (χ1v) is 8.05. The highest BCUT2D eigenvalue weighted by Gasteiger charge is 2.14. The highest BCUT2D eigenvalue weighted by molar-refractivity contribution is 5.75. The van der Waals surface area contributed by atoms with E-state index in [2.05, 4.69) is 70.1 Å². The smallest absolute Gasteiger partial charge is 0.0532 e. The number of allylic oxidation sites excluding steroid dienone is 1. The molecule has 1 atom stereocenters. The average molecular weight is 293 g/mol. The lowest BCUT2D eigenvalue weighted by Gasteiger charge is -2.10. The Morgan fingerprint density at radius 1 is 1.32 bits per heavy atom. The van der Waals surface area contributed by atoms with E-state index in [0.29, 0.717) is 5.92 Å². The fourth-order valence-electron chi connectivity index (χ4n) is 3.00. The summed E-state index contributed by atoms with van der Waals surface area (Å²) in [5, 5.41) is 0. The molecule has 0 saturated heterocycles. The van der Waals surface area contributed by atoms with E-state index in [4.69, 9.17) is 0 Å². The lowest BCUT2D eigenvalue weighted by Crippen LogP contribution is -1.95. The quantitative estimate of drug-likeness (QED) is 0.604. The lowest BCUT2D eigenvalue weighted by atomic mass is 9.98. The summed E-state index contributed by atoms with van der Waals surface area (Å²) >= 11 is 0. The number of hydrogen-bond acceptors (Lipinski definition) is 0. The third-order valence-corrected chi connectivity index (χ3v) is 4.24. The molecule has 0 spiro atoms. The topological polar surface area (TPSA) is 15.8 Å². The summed E-state index contributed by atoms with van der Waals surface area (Å²) in [6.45, 7) is 16.7. The Morgan fingerprint density at radius 2 is 2.05 bits per heavy atom. The predicted octanol–water partition coefficient (Wildman–Crippen LogP) is 6.27. The summed E-state index contributed by atoms with van der Waals surface area (Å²) in [5.74, 6) is 0.445. The van der Waals surface area contributed by atoms with Gasteiger partial charge in [0.1, 0.15) is 0 Å². The van der Waals surface area contributed by atoms with E-state index in [-0.39, 0.29) is 0 Å². The number of aromatic amines is 1. The van der Waals surface area contributed by atoms with E-state index in [9.17, 15) is 0 Å². The van der Waals surface area contributed by atoms with Crippen molar-refractivity contribution in [3.05, 3.63) is 65.4 Å². The van der Waals surface area contributed by atoms with E-state index < -0.39 is 0 Å². The summed E-state index contributed by atoms with van der Waals surface area (Å²) in [6, 6.07) is 8.94. The van der Waals surface area contributed by atoms with Crippen LogP contribution in [0.1, 0.15) is 55.5 Å². The van der Waals surface area contributed by atoms with Crippen LogP contribution in [0.5, 0.6) is 0 Å². The van der Waals surface area contributed by atoms with Crippen molar-refractivity contribution < 1.29 is 0 Å². The van der Waals surface area contributed by atoms with Gasteiger partial charge in [0.05, 0.1) is 5.69 Å². The van der Waals surface area contributed by atoms with Crippen LogP contribution < -0.4 is 0 Å². The number of aromatic nitrogens is 1. The van der Waals surface area contributed by atoms with Gasteiger partial charge in [-0.25, -0.2) is 0 Å². The lowest BCUT2D eigenvalue weighted by molar-refractivity contribution is 0.732. The molecular weight excluding hydrogens is 266 g/mol. The Kier molecular flexibility index (Phi) is 5.07. The number of aryl methyl sites for hydroxylation is 2. The minimum absolute atomic E-state index is 0.445. The van der Waals surface area contributed by atoms with Gasteiger partial charge in [0.2, 0.25) is 0 Å². The molecule has 0 aliphatic rings. The largest absolute Gasteiger partial charge is 0.358 e. The molecule has 0 saturated carbocycles. The van der Waals surface area contributed by atoms with Crippen LogP contribution in [0.15, 0.2) is 43.0 Å². The summed E-state index contributed by atoms with van der Waals surface area (Å²) < 4.78 is 0. The SMILES string of the molecule is C=Cc1cc(C(C)CC(=C)C)[nH]c1-c1ccc(CC)cc1C. The zero-order valence-corrected chi connectivity index (χ0v) is 14.3. The third kappa shape index (κ3) is 3.41. The van der Waals surface area contributed by atoms with Crippen LogP contribution in [0.2, 0.25) is 0 Å². The maximum Gasteiger partial charge on any atom is 0.0532 e. The molecule has 0 aliphatic carbocycles. The third-order valence-electron chi connectivity index (χ3n) is 4.24. The number of nitrogens with one attached hydrogen (secondary N) is 1. The number of H-pyrrole nitrogens is 1. The molecule has 1 aromatic carbocycles. The van der Waals surface area contributed by atoms with Crippen molar-refractivity contribution in [1.82, 2.24) is 4.98 Å². The van der Waals surface area contributed by atoms with E-state index in [1.165, 1.54) is 39.2 Å². The van der Waals surface area contributed by atoms with Gasteiger partial charge in [0.25, 0.3) is 0 Å². The van der Waals surface area contributed by atoms with Gasteiger partial charge in [-0.2, -0.15) is 0 Å². The van der Waals surface area contributed by atoms with Crippen molar-refractivity contribution in [1.29, 1.82) is 0 Å². The average Bonchev–Trinajstić information content (AvgIpc) is 2.90. The summed E-state index contributed by atoms with van der Waals surface area (Å²) in [7, 11) is 0. The zero-order valence-electron chi connectivity index (χ0n) is 14.3. The Bertz CT molecular complexity index is 688. The maximum atomic E-state index is 4.03. The first-order chi connectivity index (χ1) is 10.5. The van der Waals surface area contributed by atoms with Crippen LogP contribution in [0, 0.1) is 6.92 Å². The van der Waals surface area contributed by atoms with Crippen LogP contribution in [0.3, 0.4) is 0 Å². The van der Waals surface area contributed by atoms with Crippen molar-refractivity contribution in [3.8, 4) is 11.3 Å². The molecule has 0 amide bonds. The van der Waals surface area contributed by atoms with Gasteiger partial charge in [0, 0.05) is 11.3 Å². The van der Waals surface area contributed by atoms with E-state index in [1.807, 2.05) is 6.08 Å². The van der Waals surface area contributed by atoms with Crippen molar-refractivity contribution in [2.45, 2.75) is 46.5 Å². The van der Waals surface area contributed by atoms with Crippen molar-refractivity contribution in [2.24, 2.45) is 0 Å². The first-order valence-electron chi connectivity index (χ1n) is 8.05. The monoisotopic (exact) mass is 293 g/mol. The molecule has 1 aromatic heterocycles. The van der Waals surface area contributed by atoms with Crippen LogP contribution >= 0.6 is 0 Å². The standard InChI is InChI=1S/C21H27N/c1-7-17-9-10-19(15(5)12-17)21-18(8-2)13-20(22-21)16(6)11-14(3)4/h8-10,12-13,16,22H,2-3,7,11H2,1,4-6H3. The minimum atomic E-state index is 0.445. The van der Waals surface area contributed by atoms with E-state index in [0.717, 1.165) is 12.8 Å². The van der Waals surface area contributed by atoms with E-state index >= 15 is 0 Å². The number of hydrogen-bond donors (Lipinski definition) is 1. The fourth-order valence-corrected chi connectivity index (χ4v) is 3.00. The van der Waals surface area contributed by atoms with Gasteiger partial charge in [-0.3, -0.25) is 0 Å². The molecule has 1 nitrogen and oxygen atoms in total. The normalized spacial score (nSPS) is 12.2. The van der Waals surface area contributed by atoms with Gasteiger partial charge >= 0.3 is 0 Å². The molecule has 0 radical (unpaired) electrons. The highest BCUT2D eigenvalue weighted by Crippen LogP contribution is 2.32. The Morgan fingerprint density at radius 3 is 2.59 bits per heavy atom. The van der Waals surface area contributed by atoms with Crippen LogP contribution in [0.25, 0.3) is 17.3 Å². The summed E-state index contributed by atoms with van der Waals surface area (Å²) in [6.07, 6.45) is 4.02. The van der Waals surface area contributed by atoms with E-state index in [1.54, 1.807) is 0 Å². The number of benzene rings is 1. The Labute approximate surface area is 134 Å². The zero-order chi connectivity index (χ0) is 16.3. The second-order valence-corrected chi connectivity index (χ2v) is 6.32. The summed E-state index contributed by atoms with van der Waals surface area (Å²) in [4.78, 5) is 3.62. The molecular formula is C21H27N. The molecule has 1 heterocycles. The van der Waals surface area contributed by atoms with Gasteiger partial charge in [-0.15, -0.1) is 6.58 Å². The molecule has 22 heavy (non-hydrogen) atoms. The second-order valence-electron chi connectivity index (χ2n) is 6.32. The van der Waals surface area contributed by atoms with Gasteiger partial charge in [-0.1, -0.05) is 50.3 Å². The second kappa shape index (κ2) is 6.83. The molecule has 0 bridgehead atoms. The minimum Gasteiger partial charge on any atom is -0.358 e. The molecule has 1 N–H and O–H groups in total. The fraction of sp³-hybridized carbons (Fsp3) is 0.333. The molecule has 1 heteroatoms. The number of rotatable bonds is 6. The van der Waals surface area contributed by atoms with Crippen LogP contribution in [0.4, 0.5) is 0 Å². The van der Waals surface area contributed by atoms with Crippen molar-refractivity contribution in [2.75, 3.05) is 0 Å². The first kappa shape index (κ1) is 16.4. The van der Waals surface area contributed by atoms with Gasteiger partial charge in [0.15, 0.2) is 0 Å². The molecule has 0 aliphatic heterocycles. The van der Waals surface area contributed by atoms with Crippen molar-refractivity contribution in [3.63, 3.8) is 0 Å². The molecule has 2 rings (SSSR count). The Hall–Kier alpha value is -2.02. The molecule has 0 fully saturated rings. The maximum absolute atomic E-state index is 4.03. The van der Waals surface area contributed by atoms with Gasteiger partial charge < -0.3 is 4.98 Å².